The van der Waals surface area contributed by atoms with Crippen molar-refractivity contribution in [2.24, 2.45) is 0 Å². The Morgan fingerprint density at radius 3 is 2.17 bits per heavy atom. The van der Waals surface area contributed by atoms with Crippen LogP contribution in [0.1, 0.15) is 11.1 Å². The molecule has 3 heteroatoms. The van der Waals surface area contributed by atoms with E-state index in [0.717, 1.165) is 6.07 Å². The molecule has 0 heterocycles. The van der Waals surface area contributed by atoms with E-state index in [1.165, 1.54) is 12.1 Å². The van der Waals surface area contributed by atoms with Crippen molar-refractivity contribution in [1.82, 2.24) is 0 Å². The van der Waals surface area contributed by atoms with Crippen LogP contribution in [-0.4, -0.2) is 0 Å². The lowest BCUT2D eigenvalue weighted by Crippen LogP contribution is -2.07. The minimum atomic E-state index is -4.39. The summed E-state index contributed by atoms with van der Waals surface area (Å²) in [5.74, 6) is 2.35. The zero-order valence-electron chi connectivity index (χ0n) is 9.33. The van der Waals surface area contributed by atoms with E-state index in [0.29, 0.717) is 11.1 Å². The zero-order valence-corrected chi connectivity index (χ0v) is 9.33. The number of alkyl halides is 3. The maximum Gasteiger partial charge on any atom is 0.417 e. The molecule has 2 aromatic carbocycles. The Bertz CT molecular complexity index is 589. The van der Waals surface area contributed by atoms with Gasteiger partial charge in [-0.3, -0.25) is 0 Å². The number of halogens is 3. The van der Waals surface area contributed by atoms with Gasteiger partial charge in [0.05, 0.1) is 5.56 Å². The molecular weight excluding hydrogens is 237 g/mol. The second-order valence-corrected chi connectivity index (χ2v) is 3.77. The molecule has 0 saturated heterocycles. The van der Waals surface area contributed by atoms with Gasteiger partial charge in [0.15, 0.2) is 0 Å². The van der Waals surface area contributed by atoms with E-state index in [2.05, 4.69) is 5.92 Å². The fraction of sp³-hybridized carbons (Fsp3) is 0.0667. The van der Waals surface area contributed by atoms with Crippen LogP contribution in [0.4, 0.5) is 13.2 Å². The average Bonchev–Trinajstić information content (AvgIpc) is 2.38. The van der Waals surface area contributed by atoms with E-state index in [9.17, 15) is 13.2 Å². The van der Waals surface area contributed by atoms with E-state index in [1.807, 2.05) is 0 Å². The number of hydrogen-bond acceptors (Lipinski definition) is 0. The Hall–Kier alpha value is -2.21. The van der Waals surface area contributed by atoms with Gasteiger partial charge < -0.3 is 0 Å². The largest absolute Gasteiger partial charge is 0.417 e. The summed E-state index contributed by atoms with van der Waals surface area (Å²) in [5, 5.41) is 0. The molecule has 0 radical (unpaired) electrons. The van der Waals surface area contributed by atoms with Crippen LogP contribution in [0, 0.1) is 12.3 Å². The Morgan fingerprint density at radius 2 is 1.61 bits per heavy atom. The molecule has 18 heavy (non-hydrogen) atoms. The minimum absolute atomic E-state index is 0.110. The molecule has 0 amide bonds. The summed E-state index contributed by atoms with van der Waals surface area (Å²) in [5.41, 5.74) is 0.370. The van der Waals surface area contributed by atoms with E-state index < -0.39 is 11.7 Å². The van der Waals surface area contributed by atoms with Crippen molar-refractivity contribution in [3.05, 3.63) is 59.7 Å². The fourth-order valence-corrected chi connectivity index (χ4v) is 1.74. The predicted octanol–water partition coefficient (Wildman–Crippen LogP) is 4.35. The van der Waals surface area contributed by atoms with Crippen LogP contribution >= 0.6 is 0 Å². The third kappa shape index (κ3) is 2.38. The number of benzene rings is 2. The smallest absolute Gasteiger partial charge is 0.166 e. The highest BCUT2D eigenvalue weighted by Crippen LogP contribution is 2.37. The van der Waals surface area contributed by atoms with Crippen LogP contribution in [0.15, 0.2) is 48.5 Å². The number of hydrogen-bond donors (Lipinski definition) is 0. The van der Waals surface area contributed by atoms with Crippen molar-refractivity contribution in [3.63, 3.8) is 0 Å². The molecule has 0 unspecified atom stereocenters. The molecule has 0 aromatic heterocycles. The van der Waals surface area contributed by atoms with E-state index in [-0.39, 0.29) is 5.56 Å². The molecule has 90 valence electrons. The molecule has 2 aromatic rings. The lowest BCUT2D eigenvalue weighted by atomic mass is 9.97. The minimum Gasteiger partial charge on any atom is -0.166 e. The van der Waals surface area contributed by atoms with Crippen LogP contribution in [0.5, 0.6) is 0 Å². The van der Waals surface area contributed by atoms with Crippen LogP contribution in [-0.2, 0) is 6.18 Å². The monoisotopic (exact) mass is 246 g/mol. The van der Waals surface area contributed by atoms with Gasteiger partial charge in [0, 0.05) is 5.56 Å². The summed E-state index contributed by atoms with van der Waals surface area (Å²) in [6, 6.07) is 12.1. The second-order valence-electron chi connectivity index (χ2n) is 3.77. The topological polar surface area (TPSA) is 0 Å². The fourth-order valence-electron chi connectivity index (χ4n) is 1.74. The van der Waals surface area contributed by atoms with Crippen molar-refractivity contribution in [2.45, 2.75) is 6.18 Å². The van der Waals surface area contributed by atoms with E-state index in [1.54, 1.807) is 30.3 Å². The van der Waals surface area contributed by atoms with Crippen molar-refractivity contribution in [1.29, 1.82) is 0 Å². The molecule has 0 aliphatic heterocycles. The highest BCUT2D eigenvalue weighted by molar-refractivity contribution is 5.69. The summed E-state index contributed by atoms with van der Waals surface area (Å²) in [6.07, 6.45) is 0.834. The number of terminal acetylenes is 1. The first-order valence-corrected chi connectivity index (χ1v) is 5.25. The lowest BCUT2D eigenvalue weighted by Gasteiger charge is -2.13. The standard InChI is InChI=1S/C15H9F3/c1-2-11-8-9-14(15(16,17)18)13(10-11)12-6-4-3-5-7-12/h1,3-10H. The summed E-state index contributed by atoms with van der Waals surface area (Å²) in [7, 11) is 0. The van der Waals surface area contributed by atoms with Crippen LogP contribution in [0.25, 0.3) is 11.1 Å². The Labute approximate surface area is 103 Å². The summed E-state index contributed by atoms with van der Waals surface area (Å²) in [4.78, 5) is 0. The molecule has 0 aliphatic rings. The normalized spacial score (nSPS) is 11.0. The SMILES string of the molecule is C#Cc1ccc(C(F)(F)F)c(-c2ccccc2)c1. The van der Waals surface area contributed by atoms with Gasteiger partial charge in [-0.1, -0.05) is 36.3 Å². The van der Waals surface area contributed by atoms with Gasteiger partial charge in [-0.15, -0.1) is 6.42 Å². The van der Waals surface area contributed by atoms with Crippen molar-refractivity contribution in [2.75, 3.05) is 0 Å². The molecule has 0 saturated carbocycles. The Morgan fingerprint density at radius 1 is 0.944 bits per heavy atom. The quantitative estimate of drug-likeness (QED) is 0.656. The van der Waals surface area contributed by atoms with Crippen LogP contribution in [0.3, 0.4) is 0 Å². The third-order valence-electron chi connectivity index (χ3n) is 2.58. The Kier molecular flexibility index (Phi) is 3.12. The third-order valence-corrected chi connectivity index (χ3v) is 2.58. The molecule has 0 spiro atoms. The predicted molar refractivity (Wildman–Crippen MR) is 64.8 cm³/mol. The van der Waals surface area contributed by atoms with Crippen molar-refractivity contribution < 1.29 is 13.2 Å². The summed E-state index contributed by atoms with van der Waals surface area (Å²) < 4.78 is 38.8. The lowest BCUT2D eigenvalue weighted by molar-refractivity contribution is -0.137. The maximum absolute atomic E-state index is 12.9. The van der Waals surface area contributed by atoms with Gasteiger partial charge in [0.25, 0.3) is 0 Å². The first-order chi connectivity index (χ1) is 8.52. The first kappa shape index (κ1) is 12.3. The van der Waals surface area contributed by atoms with Crippen LogP contribution in [0.2, 0.25) is 0 Å². The van der Waals surface area contributed by atoms with E-state index >= 15 is 0 Å². The van der Waals surface area contributed by atoms with Gasteiger partial charge in [0.2, 0.25) is 0 Å². The maximum atomic E-state index is 12.9. The molecule has 0 nitrogen and oxygen atoms in total. The number of rotatable bonds is 1. The van der Waals surface area contributed by atoms with Gasteiger partial charge >= 0.3 is 6.18 Å². The van der Waals surface area contributed by atoms with Gasteiger partial charge in [-0.2, -0.15) is 13.2 Å². The van der Waals surface area contributed by atoms with Crippen molar-refractivity contribution >= 4 is 0 Å². The summed E-state index contributed by atoms with van der Waals surface area (Å²) >= 11 is 0. The second kappa shape index (κ2) is 4.58. The molecule has 0 bridgehead atoms. The molecule has 0 atom stereocenters. The zero-order chi connectivity index (χ0) is 13.2. The summed E-state index contributed by atoms with van der Waals surface area (Å²) in [6.45, 7) is 0. The average molecular weight is 246 g/mol. The van der Waals surface area contributed by atoms with E-state index in [4.69, 9.17) is 6.42 Å². The molecular formula is C15H9F3. The highest BCUT2D eigenvalue weighted by Gasteiger charge is 2.33. The van der Waals surface area contributed by atoms with Gasteiger partial charge in [0.1, 0.15) is 0 Å². The molecule has 0 fully saturated rings. The van der Waals surface area contributed by atoms with Gasteiger partial charge in [-0.25, -0.2) is 0 Å². The highest BCUT2D eigenvalue weighted by atomic mass is 19.4. The molecule has 0 aliphatic carbocycles. The molecule has 2 rings (SSSR count). The first-order valence-electron chi connectivity index (χ1n) is 5.25. The molecule has 0 N–H and O–H groups in total. The van der Waals surface area contributed by atoms with Crippen LogP contribution < -0.4 is 0 Å². The van der Waals surface area contributed by atoms with Gasteiger partial charge in [-0.05, 0) is 29.3 Å². The Balaban J connectivity index is 2.67. The van der Waals surface area contributed by atoms with Crippen molar-refractivity contribution in [3.8, 4) is 23.5 Å².